The molecular weight excluding hydrogens is 480 g/mol. The molecule has 0 spiro atoms. The lowest BCUT2D eigenvalue weighted by Crippen LogP contribution is -2.57. The second kappa shape index (κ2) is 12.0. The predicted molar refractivity (Wildman–Crippen MR) is 140 cm³/mol. The third-order valence-corrected chi connectivity index (χ3v) is 7.72. The van der Waals surface area contributed by atoms with Gasteiger partial charge in [-0.15, -0.1) is 0 Å². The number of morpholine rings is 1. The second-order valence-electron chi connectivity index (χ2n) is 10.3. The van der Waals surface area contributed by atoms with E-state index in [1.54, 1.807) is 0 Å². The second-order valence-corrected chi connectivity index (χ2v) is 10.7. The van der Waals surface area contributed by atoms with Gasteiger partial charge in [0.05, 0.1) is 25.7 Å². The summed E-state index contributed by atoms with van der Waals surface area (Å²) < 4.78 is 18.6. The zero-order valence-corrected chi connectivity index (χ0v) is 22.5. The van der Waals surface area contributed by atoms with Crippen molar-refractivity contribution in [1.82, 2.24) is 9.80 Å². The first-order valence-electron chi connectivity index (χ1n) is 13.1. The first-order chi connectivity index (χ1) is 17.3. The van der Waals surface area contributed by atoms with Gasteiger partial charge in [-0.05, 0) is 68.5 Å². The number of amides is 1. The van der Waals surface area contributed by atoms with E-state index in [4.69, 9.17) is 25.5 Å². The average Bonchev–Trinajstić information content (AvgIpc) is 3.28. The first kappa shape index (κ1) is 27.0. The number of hydrogen-bond donors (Lipinski definition) is 1. The van der Waals surface area contributed by atoms with E-state index in [1.807, 2.05) is 36.9 Å². The Balaban J connectivity index is 1.49. The molecule has 36 heavy (non-hydrogen) atoms. The van der Waals surface area contributed by atoms with Gasteiger partial charge in [-0.25, -0.2) is 0 Å². The fourth-order valence-electron chi connectivity index (χ4n) is 5.12. The van der Waals surface area contributed by atoms with Gasteiger partial charge in [0.25, 0.3) is 0 Å². The summed E-state index contributed by atoms with van der Waals surface area (Å²) in [6.07, 6.45) is 3.11. The highest BCUT2D eigenvalue weighted by atomic mass is 35.5. The van der Waals surface area contributed by atoms with Crippen LogP contribution in [0.1, 0.15) is 55.3 Å². The van der Waals surface area contributed by atoms with E-state index in [1.165, 1.54) is 0 Å². The van der Waals surface area contributed by atoms with Crippen molar-refractivity contribution in [2.75, 3.05) is 39.4 Å². The number of carbonyl (C=O) groups excluding carboxylic acids is 1. The summed E-state index contributed by atoms with van der Waals surface area (Å²) in [5.74, 6) is 2.69. The lowest BCUT2D eigenvalue weighted by Gasteiger charge is -2.43. The number of carbonyl (C=O) groups is 1. The minimum Gasteiger partial charge on any atom is -0.490 e. The van der Waals surface area contributed by atoms with Crippen molar-refractivity contribution in [2.45, 2.75) is 71.1 Å². The Morgan fingerprint density at radius 3 is 2.56 bits per heavy atom. The summed E-state index contributed by atoms with van der Waals surface area (Å²) in [6.45, 7) is 9.95. The van der Waals surface area contributed by atoms with Crippen molar-refractivity contribution in [3.05, 3.63) is 51.9 Å². The number of benzene rings is 1. The summed E-state index contributed by atoms with van der Waals surface area (Å²) in [7, 11) is 0. The van der Waals surface area contributed by atoms with Crippen molar-refractivity contribution in [3.63, 3.8) is 0 Å². The Morgan fingerprint density at radius 2 is 1.86 bits per heavy atom. The number of nitrogens with zero attached hydrogens (tertiary/aromatic N) is 2. The van der Waals surface area contributed by atoms with Gasteiger partial charge in [0, 0.05) is 37.6 Å². The Kier molecular flexibility index (Phi) is 8.99. The van der Waals surface area contributed by atoms with E-state index in [0.717, 1.165) is 52.8 Å². The maximum Gasteiger partial charge on any atom is 0.225 e. The zero-order valence-electron chi connectivity index (χ0n) is 21.7. The Morgan fingerprint density at radius 1 is 1.17 bits per heavy atom. The molecule has 0 bridgehead atoms. The number of hydrogen-bond acceptors (Lipinski definition) is 6. The normalized spacial score (nSPS) is 21.6. The molecule has 198 valence electrons. The van der Waals surface area contributed by atoms with Crippen LogP contribution < -0.4 is 4.74 Å². The van der Waals surface area contributed by atoms with Gasteiger partial charge in [-0.1, -0.05) is 18.5 Å². The van der Waals surface area contributed by atoms with Crippen molar-refractivity contribution in [3.8, 4) is 5.75 Å². The molecule has 1 atom stereocenters. The molecule has 2 saturated heterocycles. The van der Waals surface area contributed by atoms with Gasteiger partial charge >= 0.3 is 0 Å². The molecule has 1 aromatic carbocycles. The highest BCUT2D eigenvalue weighted by Crippen LogP contribution is 2.30. The average molecular weight is 519 g/mol. The first-order valence-corrected chi connectivity index (χ1v) is 13.4. The molecule has 7 nitrogen and oxygen atoms in total. The molecule has 0 radical (unpaired) electrons. The Hall–Kier alpha value is -2.06. The van der Waals surface area contributed by atoms with E-state index in [9.17, 15) is 9.90 Å². The molecule has 1 aromatic heterocycles. The van der Waals surface area contributed by atoms with Crippen LogP contribution in [0.25, 0.3) is 0 Å². The van der Waals surface area contributed by atoms with Crippen LogP contribution in [0, 0.1) is 13.8 Å². The molecule has 2 fully saturated rings. The predicted octanol–water partition coefficient (Wildman–Crippen LogP) is 4.53. The number of halogens is 1. The number of aliphatic hydroxyl groups is 1. The number of furan rings is 1. The van der Waals surface area contributed by atoms with Crippen molar-refractivity contribution in [1.29, 1.82) is 0 Å². The summed E-state index contributed by atoms with van der Waals surface area (Å²) in [5.41, 5.74) is 1.12. The summed E-state index contributed by atoms with van der Waals surface area (Å²) in [6, 6.07) is 7.95. The molecule has 4 rings (SSSR count). The third-order valence-electron chi connectivity index (χ3n) is 7.12. The van der Waals surface area contributed by atoms with E-state index < -0.39 is 5.60 Å². The van der Waals surface area contributed by atoms with Crippen LogP contribution in [0.15, 0.2) is 28.7 Å². The van der Waals surface area contributed by atoms with Crippen molar-refractivity contribution in [2.24, 2.45) is 0 Å². The quantitative estimate of drug-likeness (QED) is 0.526. The van der Waals surface area contributed by atoms with Gasteiger partial charge in [0.2, 0.25) is 5.91 Å². The minimum atomic E-state index is -0.786. The highest BCUT2D eigenvalue weighted by molar-refractivity contribution is 6.32. The van der Waals surface area contributed by atoms with E-state index >= 15 is 0 Å². The summed E-state index contributed by atoms with van der Waals surface area (Å²) >= 11 is 6.34. The number of piperidine rings is 1. The standard InChI is InChI=1S/C28H39ClN2O5/c1-4-5-23-6-7-24(36-23)17-30-12-13-35-28(18-30,16-26(33)31-10-8-22(32)9-11-31)19-34-25-14-20(2)27(29)21(3)15-25/h6-7,14-15,22,32H,4-5,8-13,16-19H2,1-3H3/t28-/m1/s1. The molecule has 2 aromatic rings. The topological polar surface area (TPSA) is 75.4 Å². The number of likely N-dealkylation sites (tertiary alicyclic amines) is 1. The molecule has 2 aliphatic rings. The zero-order chi connectivity index (χ0) is 25.7. The largest absolute Gasteiger partial charge is 0.490 e. The fourth-order valence-corrected chi connectivity index (χ4v) is 5.23. The highest BCUT2D eigenvalue weighted by Gasteiger charge is 2.41. The maximum atomic E-state index is 13.3. The van der Waals surface area contributed by atoms with Crippen LogP contribution in [-0.4, -0.2) is 71.9 Å². The molecule has 2 aliphatic heterocycles. The van der Waals surface area contributed by atoms with Gasteiger partial charge < -0.3 is 23.9 Å². The molecule has 0 unspecified atom stereocenters. The Bertz CT molecular complexity index is 1010. The van der Waals surface area contributed by atoms with Crippen LogP contribution in [0.4, 0.5) is 0 Å². The lowest BCUT2D eigenvalue weighted by molar-refractivity contribution is -0.158. The molecule has 0 saturated carbocycles. The summed E-state index contributed by atoms with van der Waals surface area (Å²) in [5, 5.41) is 10.6. The maximum absolute atomic E-state index is 13.3. The van der Waals surface area contributed by atoms with Crippen molar-refractivity contribution >= 4 is 17.5 Å². The van der Waals surface area contributed by atoms with E-state index in [-0.39, 0.29) is 25.0 Å². The molecule has 1 N–H and O–H groups in total. The number of aliphatic hydroxyl groups excluding tert-OH is 1. The lowest BCUT2D eigenvalue weighted by atomic mass is 9.95. The third kappa shape index (κ3) is 6.82. The molecule has 8 heteroatoms. The fraction of sp³-hybridized carbons (Fsp3) is 0.607. The van der Waals surface area contributed by atoms with Crippen LogP contribution in [-0.2, 0) is 22.5 Å². The van der Waals surface area contributed by atoms with Crippen molar-refractivity contribution < 1.29 is 23.8 Å². The van der Waals surface area contributed by atoms with Gasteiger partial charge in [-0.3, -0.25) is 9.69 Å². The number of aryl methyl sites for hydroxylation is 3. The van der Waals surface area contributed by atoms with Gasteiger partial charge in [0.1, 0.15) is 29.5 Å². The van der Waals surface area contributed by atoms with Crippen LogP contribution in [0.5, 0.6) is 5.75 Å². The molecule has 1 amide bonds. The van der Waals surface area contributed by atoms with Crippen LogP contribution >= 0.6 is 11.6 Å². The van der Waals surface area contributed by atoms with Gasteiger partial charge in [-0.2, -0.15) is 0 Å². The molecular formula is C28H39ClN2O5. The van der Waals surface area contributed by atoms with Crippen LogP contribution in [0.2, 0.25) is 5.02 Å². The molecule has 3 heterocycles. The van der Waals surface area contributed by atoms with E-state index in [2.05, 4.69) is 17.9 Å². The Labute approximate surface area is 219 Å². The SMILES string of the molecule is CCCc1ccc(CN2CCO[C@](COc3cc(C)c(Cl)c(C)c3)(CC(=O)N3CCC(O)CC3)C2)o1. The molecule has 0 aliphatic carbocycles. The van der Waals surface area contributed by atoms with Gasteiger partial charge in [0.15, 0.2) is 0 Å². The minimum absolute atomic E-state index is 0.0408. The van der Waals surface area contributed by atoms with Crippen LogP contribution in [0.3, 0.4) is 0 Å². The van der Waals surface area contributed by atoms with E-state index in [0.29, 0.717) is 45.6 Å². The number of rotatable bonds is 9. The number of ether oxygens (including phenoxy) is 2. The monoisotopic (exact) mass is 518 g/mol. The smallest absolute Gasteiger partial charge is 0.225 e. The summed E-state index contributed by atoms with van der Waals surface area (Å²) in [4.78, 5) is 17.5.